The van der Waals surface area contributed by atoms with Crippen LogP contribution in [0.5, 0.6) is 0 Å². The largest absolute Gasteiger partial charge is 0.340 e. The van der Waals surface area contributed by atoms with E-state index in [0.717, 1.165) is 37.9 Å². The fraction of sp³-hybridized carbons (Fsp3) is 0.632. The average Bonchev–Trinajstić information content (AvgIpc) is 3.35. The van der Waals surface area contributed by atoms with E-state index in [2.05, 4.69) is 5.32 Å². The molecule has 2 saturated heterocycles. The van der Waals surface area contributed by atoms with Gasteiger partial charge in [-0.15, -0.1) is 0 Å². The van der Waals surface area contributed by atoms with Gasteiger partial charge in [-0.1, -0.05) is 17.7 Å². The standard InChI is InChI=1S/C19H27N3O3S/c1-15-2-4-16(5-3-15)26(24,25)22-12-10-21(11-13-22)18(23)17-14-19(17)6-8-20-9-7-19/h2-5,17,20H,6-14H2,1H3. The highest BCUT2D eigenvalue weighted by Gasteiger charge is 2.58. The van der Waals surface area contributed by atoms with Gasteiger partial charge in [0.25, 0.3) is 0 Å². The topological polar surface area (TPSA) is 69.7 Å². The summed E-state index contributed by atoms with van der Waals surface area (Å²) < 4.78 is 27.1. The number of carbonyl (C=O) groups excluding carboxylic acids is 1. The lowest BCUT2D eigenvalue weighted by atomic mass is 9.91. The summed E-state index contributed by atoms with van der Waals surface area (Å²) in [7, 11) is -3.47. The quantitative estimate of drug-likeness (QED) is 0.860. The van der Waals surface area contributed by atoms with Crippen molar-refractivity contribution in [3.05, 3.63) is 29.8 Å². The molecule has 1 unspecified atom stereocenters. The van der Waals surface area contributed by atoms with Crippen LogP contribution in [0.3, 0.4) is 0 Å². The first-order valence-corrected chi connectivity index (χ1v) is 10.9. The molecule has 7 heteroatoms. The Hall–Kier alpha value is -1.44. The van der Waals surface area contributed by atoms with Crippen molar-refractivity contribution < 1.29 is 13.2 Å². The van der Waals surface area contributed by atoms with Gasteiger partial charge in [-0.05, 0) is 56.8 Å². The van der Waals surface area contributed by atoms with Crippen LogP contribution in [-0.4, -0.2) is 62.8 Å². The van der Waals surface area contributed by atoms with E-state index < -0.39 is 10.0 Å². The lowest BCUT2D eigenvalue weighted by Crippen LogP contribution is -2.51. The van der Waals surface area contributed by atoms with Gasteiger partial charge in [-0.3, -0.25) is 4.79 Å². The minimum atomic E-state index is -3.47. The summed E-state index contributed by atoms with van der Waals surface area (Å²) in [6.45, 7) is 5.70. The Morgan fingerprint density at radius 1 is 1.08 bits per heavy atom. The van der Waals surface area contributed by atoms with E-state index in [1.807, 2.05) is 24.0 Å². The molecular weight excluding hydrogens is 350 g/mol. The first kappa shape index (κ1) is 17.9. The second kappa shape index (κ2) is 6.62. The molecule has 1 atom stereocenters. The number of nitrogens with zero attached hydrogens (tertiary/aromatic N) is 2. The highest BCUT2D eigenvalue weighted by Crippen LogP contribution is 2.59. The van der Waals surface area contributed by atoms with Crippen molar-refractivity contribution in [3.8, 4) is 0 Å². The second-order valence-electron chi connectivity index (χ2n) is 7.91. The van der Waals surface area contributed by atoms with Gasteiger partial charge in [0.2, 0.25) is 15.9 Å². The number of piperidine rings is 1. The molecule has 1 N–H and O–H groups in total. The van der Waals surface area contributed by atoms with Crippen LogP contribution in [0.25, 0.3) is 0 Å². The van der Waals surface area contributed by atoms with Crippen molar-refractivity contribution in [1.82, 2.24) is 14.5 Å². The van der Waals surface area contributed by atoms with Crippen molar-refractivity contribution in [2.24, 2.45) is 11.3 Å². The third-order valence-electron chi connectivity index (χ3n) is 6.30. The van der Waals surface area contributed by atoms with Crippen LogP contribution in [0.2, 0.25) is 0 Å². The van der Waals surface area contributed by atoms with Crippen LogP contribution in [0.15, 0.2) is 29.2 Å². The molecule has 3 aliphatic rings. The molecule has 142 valence electrons. The Morgan fingerprint density at radius 3 is 2.31 bits per heavy atom. The fourth-order valence-corrected chi connectivity index (χ4v) is 5.82. The van der Waals surface area contributed by atoms with Gasteiger partial charge in [-0.25, -0.2) is 8.42 Å². The zero-order valence-electron chi connectivity index (χ0n) is 15.3. The van der Waals surface area contributed by atoms with E-state index in [1.165, 1.54) is 4.31 Å². The van der Waals surface area contributed by atoms with Crippen LogP contribution in [-0.2, 0) is 14.8 Å². The Labute approximate surface area is 155 Å². The molecule has 1 amide bonds. The lowest BCUT2D eigenvalue weighted by molar-refractivity contribution is -0.134. The molecule has 1 aromatic carbocycles. The number of hydrogen-bond donors (Lipinski definition) is 1. The number of carbonyl (C=O) groups is 1. The van der Waals surface area contributed by atoms with Gasteiger partial charge < -0.3 is 10.2 Å². The molecule has 3 fully saturated rings. The van der Waals surface area contributed by atoms with Gasteiger partial charge in [0, 0.05) is 32.1 Å². The van der Waals surface area contributed by atoms with Crippen molar-refractivity contribution in [2.75, 3.05) is 39.3 Å². The van der Waals surface area contributed by atoms with Crippen molar-refractivity contribution in [1.29, 1.82) is 0 Å². The minimum Gasteiger partial charge on any atom is -0.340 e. The zero-order valence-corrected chi connectivity index (χ0v) is 16.1. The van der Waals surface area contributed by atoms with Crippen LogP contribution < -0.4 is 5.32 Å². The summed E-state index contributed by atoms with van der Waals surface area (Å²) in [5.41, 5.74) is 1.27. The van der Waals surface area contributed by atoms with Gasteiger partial charge >= 0.3 is 0 Å². The monoisotopic (exact) mass is 377 g/mol. The van der Waals surface area contributed by atoms with Crippen molar-refractivity contribution >= 4 is 15.9 Å². The molecule has 6 nitrogen and oxygen atoms in total. The molecule has 0 radical (unpaired) electrons. The Morgan fingerprint density at radius 2 is 1.69 bits per heavy atom. The van der Waals surface area contributed by atoms with E-state index >= 15 is 0 Å². The van der Waals surface area contributed by atoms with E-state index in [1.54, 1.807) is 12.1 Å². The first-order valence-electron chi connectivity index (χ1n) is 9.49. The van der Waals surface area contributed by atoms with Gasteiger partial charge in [0.1, 0.15) is 0 Å². The summed E-state index contributed by atoms with van der Waals surface area (Å²) in [4.78, 5) is 15.0. The van der Waals surface area contributed by atoms with E-state index in [4.69, 9.17) is 0 Å². The predicted molar refractivity (Wildman–Crippen MR) is 99.2 cm³/mol. The van der Waals surface area contributed by atoms with E-state index in [9.17, 15) is 13.2 Å². The molecular formula is C19H27N3O3S. The summed E-state index contributed by atoms with van der Waals surface area (Å²) >= 11 is 0. The summed E-state index contributed by atoms with van der Waals surface area (Å²) in [5.74, 6) is 0.393. The molecule has 1 aliphatic carbocycles. The first-order chi connectivity index (χ1) is 12.4. The number of hydrogen-bond acceptors (Lipinski definition) is 4. The summed E-state index contributed by atoms with van der Waals surface area (Å²) in [6, 6.07) is 6.96. The Bertz CT molecular complexity index is 777. The number of nitrogens with one attached hydrogen (secondary N) is 1. The van der Waals surface area contributed by atoms with Crippen LogP contribution in [0.1, 0.15) is 24.8 Å². The molecule has 2 aliphatic heterocycles. The zero-order chi connectivity index (χ0) is 18.4. The predicted octanol–water partition coefficient (Wildman–Crippen LogP) is 1.22. The maximum atomic E-state index is 12.8. The molecule has 26 heavy (non-hydrogen) atoms. The molecule has 1 spiro atoms. The maximum absolute atomic E-state index is 12.8. The van der Waals surface area contributed by atoms with E-state index in [-0.39, 0.29) is 17.2 Å². The third-order valence-corrected chi connectivity index (χ3v) is 8.21. The number of sulfonamides is 1. The number of amides is 1. The van der Waals surface area contributed by atoms with Crippen molar-refractivity contribution in [2.45, 2.75) is 31.1 Å². The maximum Gasteiger partial charge on any atom is 0.243 e. The Kier molecular flexibility index (Phi) is 4.57. The minimum absolute atomic E-state index is 0.157. The average molecular weight is 378 g/mol. The molecule has 2 heterocycles. The van der Waals surface area contributed by atoms with Gasteiger partial charge in [0.05, 0.1) is 4.90 Å². The van der Waals surface area contributed by atoms with Gasteiger partial charge in [-0.2, -0.15) is 4.31 Å². The number of rotatable bonds is 3. The Balaban J connectivity index is 1.37. The van der Waals surface area contributed by atoms with Crippen LogP contribution in [0.4, 0.5) is 0 Å². The smallest absolute Gasteiger partial charge is 0.243 e. The molecule has 4 rings (SSSR count). The fourth-order valence-electron chi connectivity index (χ4n) is 4.40. The highest BCUT2D eigenvalue weighted by molar-refractivity contribution is 7.89. The van der Waals surface area contributed by atoms with Crippen LogP contribution >= 0.6 is 0 Å². The molecule has 0 aromatic heterocycles. The van der Waals surface area contributed by atoms with Crippen LogP contribution in [0, 0.1) is 18.3 Å². The van der Waals surface area contributed by atoms with Crippen molar-refractivity contribution in [3.63, 3.8) is 0 Å². The van der Waals surface area contributed by atoms with Gasteiger partial charge in [0.15, 0.2) is 0 Å². The number of piperazine rings is 1. The molecule has 1 aromatic rings. The van der Waals surface area contributed by atoms with E-state index in [0.29, 0.717) is 31.1 Å². The highest BCUT2D eigenvalue weighted by atomic mass is 32.2. The summed E-state index contributed by atoms with van der Waals surface area (Å²) in [6.07, 6.45) is 3.19. The number of aryl methyl sites for hydroxylation is 1. The molecule has 0 bridgehead atoms. The SMILES string of the molecule is Cc1ccc(S(=O)(=O)N2CCN(C(=O)C3CC34CCNCC4)CC2)cc1. The second-order valence-corrected chi connectivity index (χ2v) is 9.85. The molecule has 1 saturated carbocycles. The number of benzene rings is 1. The normalized spacial score (nSPS) is 26.0. The third kappa shape index (κ3) is 3.17. The summed E-state index contributed by atoms with van der Waals surface area (Å²) in [5, 5.41) is 3.36. The lowest BCUT2D eigenvalue weighted by Gasteiger charge is -2.35.